The van der Waals surface area contributed by atoms with Crippen LogP contribution in [0.3, 0.4) is 0 Å². The fourth-order valence-electron chi connectivity index (χ4n) is 1.24. The van der Waals surface area contributed by atoms with Gasteiger partial charge in [0.2, 0.25) is 0 Å². The molecule has 1 atom stereocenters. The Bertz CT molecular complexity index is 313. The van der Waals surface area contributed by atoms with Gasteiger partial charge in [-0.15, -0.1) is 0 Å². The van der Waals surface area contributed by atoms with Crippen molar-refractivity contribution in [2.75, 3.05) is 26.5 Å². The van der Waals surface area contributed by atoms with E-state index in [0.717, 1.165) is 5.76 Å². The van der Waals surface area contributed by atoms with Crippen LogP contribution in [0.25, 0.3) is 0 Å². The first-order valence-corrected chi connectivity index (χ1v) is 6.45. The Balaban J connectivity index is 0.00000196. The number of furan rings is 1. The summed E-state index contributed by atoms with van der Waals surface area (Å²) in [5.74, 6) is 0.722. The third kappa shape index (κ3) is 6.56. The maximum absolute atomic E-state index is 11.5. The minimum atomic E-state index is -3.27. The molecule has 80 valence electrons. The molecule has 0 radical (unpaired) electrons. The maximum Gasteiger partial charge on any atom is 1.00 e. The molecule has 0 spiro atoms. The van der Waals surface area contributed by atoms with Crippen LogP contribution in [0.5, 0.6) is 0 Å². The van der Waals surface area contributed by atoms with E-state index in [-0.39, 0.29) is 42.0 Å². The molecule has 6 heteroatoms. The monoisotopic (exact) mass is 239 g/mol. The van der Waals surface area contributed by atoms with Crippen LogP contribution in [-0.4, -0.2) is 31.4 Å². The van der Waals surface area contributed by atoms with E-state index in [4.69, 9.17) is 4.42 Å². The second-order valence-corrected chi connectivity index (χ2v) is 5.95. The summed E-state index contributed by atoms with van der Waals surface area (Å²) < 4.78 is 16.5. The van der Waals surface area contributed by atoms with Crippen LogP contribution in [0.2, 0.25) is 0 Å². The molecule has 0 saturated carbocycles. The van der Waals surface area contributed by atoms with E-state index < -0.39 is 7.37 Å². The van der Waals surface area contributed by atoms with E-state index in [1.165, 1.54) is 0 Å². The number of aryl methyl sites for hydroxylation is 1. The molecule has 1 unspecified atom stereocenters. The van der Waals surface area contributed by atoms with E-state index >= 15 is 0 Å². The molecule has 0 saturated heterocycles. The van der Waals surface area contributed by atoms with Crippen molar-refractivity contribution >= 4 is 7.37 Å². The first-order valence-electron chi connectivity index (χ1n) is 4.46. The first kappa shape index (κ1) is 15.4. The molecule has 0 N–H and O–H groups in total. The standard InChI is InChI=1S/C9H16NO3P.Na/c1-10(2)8-14(11,12)7-5-9-4-3-6-13-9;/h3-4,6H,5,7-8H2,1-2H3,(H,11,12);/q;+1/p-1. The molecule has 0 fully saturated rings. The predicted molar refractivity (Wildman–Crippen MR) is 53.4 cm³/mol. The van der Waals surface area contributed by atoms with Crippen LogP contribution in [-0.2, 0) is 11.0 Å². The van der Waals surface area contributed by atoms with E-state index in [0.29, 0.717) is 6.42 Å². The van der Waals surface area contributed by atoms with E-state index in [1.807, 2.05) is 0 Å². The first-order chi connectivity index (χ1) is 6.49. The summed E-state index contributed by atoms with van der Waals surface area (Å²) in [6.45, 7) is 0. The summed E-state index contributed by atoms with van der Waals surface area (Å²) in [5.41, 5.74) is 0. The summed E-state index contributed by atoms with van der Waals surface area (Å²) >= 11 is 0. The third-order valence-electron chi connectivity index (χ3n) is 1.78. The smallest absolute Gasteiger partial charge is 0.798 e. The van der Waals surface area contributed by atoms with Gasteiger partial charge in [0.05, 0.1) is 6.26 Å². The Labute approximate surface area is 112 Å². The van der Waals surface area contributed by atoms with Gasteiger partial charge in [0.1, 0.15) is 5.76 Å². The average Bonchev–Trinajstić information content (AvgIpc) is 2.50. The molecule has 1 aromatic rings. The van der Waals surface area contributed by atoms with Crippen LogP contribution in [0.4, 0.5) is 0 Å². The number of rotatable bonds is 5. The Morgan fingerprint density at radius 1 is 1.53 bits per heavy atom. The molecule has 0 amide bonds. The van der Waals surface area contributed by atoms with Crippen molar-refractivity contribution in [3.8, 4) is 0 Å². The van der Waals surface area contributed by atoms with Gasteiger partial charge < -0.3 is 18.8 Å². The largest absolute Gasteiger partial charge is 1.00 e. The molecule has 1 rings (SSSR count). The van der Waals surface area contributed by atoms with Crippen molar-refractivity contribution < 1.29 is 43.4 Å². The van der Waals surface area contributed by atoms with Crippen LogP contribution >= 0.6 is 7.37 Å². The Morgan fingerprint density at radius 3 is 2.67 bits per heavy atom. The van der Waals surface area contributed by atoms with Crippen molar-refractivity contribution in [3.63, 3.8) is 0 Å². The van der Waals surface area contributed by atoms with Gasteiger partial charge in [-0.3, -0.25) is 0 Å². The normalized spacial score (nSPS) is 14.7. The molecule has 1 aromatic heterocycles. The molecule has 0 aliphatic heterocycles. The maximum atomic E-state index is 11.5. The van der Waals surface area contributed by atoms with Crippen molar-refractivity contribution in [1.82, 2.24) is 4.90 Å². The molecule has 0 aromatic carbocycles. The van der Waals surface area contributed by atoms with Crippen molar-refractivity contribution in [2.24, 2.45) is 0 Å². The van der Waals surface area contributed by atoms with Crippen LogP contribution in [0.15, 0.2) is 22.8 Å². The summed E-state index contributed by atoms with van der Waals surface area (Å²) in [5, 5.41) is 0. The van der Waals surface area contributed by atoms with Gasteiger partial charge in [0.25, 0.3) is 0 Å². The van der Waals surface area contributed by atoms with Gasteiger partial charge in [0, 0.05) is 20.1 Å². The van der Waals surface area contributed by atoms with Crippen molar-refractivity contribution in [1.29, 1.82) is 0 Å². The van der Waals surface area contributed by atoms with Gasteiger partial charge in [-0.2, -0.15) is 0 Å². The Kier molecular flexibility index (Phi) is 7.09. The molecular formula is C9H15NNaO3P. The summed E-state index contributed by atoms with van der Waals surface area (Å²) in [6.07, 6.45) is 2.30. The summed E-state index contributed by atoms with van der Waals surface area (Å²) in [7, 11) is 0.221. The molecule has 0 aliphatic carbocycles. The molecule has 0 bridgehead atoms. The van der Waals surface area contributed by atoms with Crippen LogP contribution < -0.4 is 34.5 Å². The average molecular weight is 239 g/mol. The van der Waals surface area contributed by atoms with Gasteiger partial charge in [-0.05, 0) is 32.4 Å². The molecule has 1 heterocycles. The van der Waals surface area contributed by atoms with Gasteiger partial charge in [-0.25, -0.2) is 0 Å². The van der Waals surface area contributed by atoms with Crippen LogP contribution in [0.1, 0.15) is 5.76 Å². The van der Waals surface area contributed by atoms with E-state index in [1.54, 1.807) is 37.4 Å². The van der Waals surface area contributed by atoms with E-state index in [2.05, 4.69) is 0 Å². The van der Waals surface area contributed by atoms with Gasteiger partial charge in [0.15, 0.2) is 0 Å². The van der Waals surface area contributed by atoms with Crippen molar-refractivity contribution in [3.05, 3.63) is 24.2 Å². The third-order valence-corrected chi connectivity index (χ3v) is 3.68. The number of nitrogens with zero attached hydrogens (tertiary/aromatic N) is 1. The van der Waals surface area contributed by atoms with Crippen molar-refractivity contribution in [2.45, 2.75) is 6.42 Å². The quantitative estimate of drug-likeness (QED) is 0.440. The summed E-state index contributed by atoms with van der Waals surface area (Å²) in [6, 6.07) is 3.55. The predicted octanol–water partition coefficient (Wildman–Crippen LogP) is -2.02. The second-order valence-electron chi connectivity index (χ2n) is 3.59. The van der Waals surface area contributed by atoms with Crippen LogP contribution in [0, 0.1) is 0 Å². The molecular weight excluding hydrogens is 224 g/mol. The minimum Gasteiger partial charge on any atom is -0.798 e. The molecule has 15 heavy (non-hydrogen) atoms. The zero-order chi connectivity index (χ0) is 10.6. The SMILES string of the molecule is CN(C)CP(=O)([O-])CCc1ccco1.[Na+]. The topological polar surface area (TPSA) is 56.5 Å². The van der Waals surface area contributed by atoms with Gasteiger partial charge >= 0.3 is 29.6 Å². The Hall–Kier alpha value is 0.430. The fourth-order valence-corrected chi connectivity index (χ4v) is 2.80. The summed E-state index contributed by atoms with van der Waals surface area (Å²) in [4.78, 5) is 13.1. The number of hydrogen-bond donors (Lipinski definition) is 0. The number of hydrogen-bond acceptors (Lipinski definition) is 4. The molecule has 0 aliphatic rings. The Morgan fingerprint density at radius 2 is 2.20 bits per heavy atom. The van der Waals surface area contributed by atoms with Gasteiger partial charge in [-0.1, -0.05) is 0 Å². The second kappa shape index (κ2) is 6.89. The fraction of sp³-hybridized carbons (Fsp3) is 0.556. The van der Waals surface area contributed by atoms with E-state index in [9.17, 15) is 9.46 Å². The zero-order valence-electron chi connectivity index (χ0n) is 9.47. The zero-order valence-corrected chi connectivity index (χ0v) is 12.4. The minimum absolute atomic E-state index is 0. The molecule has 4 nitrogen and oxygen atoms in total.